The molecule has 3 heteroatoms. The zero-order chi connectivity index (χ0) is 14.5. The molecule has 0 aromatic heterocycles. The Kier molecular flexibility index (Phi) is 6.28. The molecule has 0 spiro atoms. The van der Waals surface area contributed by atoms with E-state index in [2.05, 4.69) is 39.9 Å². The van der Waals surface area contributed by atoms with Gasteiger partial charge in [0, 0.05) is 12.1 Å². The highest BCUT2D eigenvalue weighted by molar-refractivity contribution is 4.93. The van der Waals surface area contributed by atoms with Crippen molar-refractivity contribution in [3.8, 4) is 0 Å². The highest BCUT2D eigenvalue weighted by Gasteiger charge is 2.36. The molecule has 1 fully saturated rings. The van der Waals surface area contributed by atoms with E-state index in [-0.39, 0.29) is 5.54 Å². The van der Waals surface area contributed by atoms with E-state index >= 15 is 0 Å². The van der Waals surface area contributed by atoms with Gasteiger partial charge in [-0.1, -0.05) is 20.8 Å². The first-order valence-electron chi connectivity index (χ1n) is 7.86. The van der Waals surface area contributed by atoms with E-state index in [0.717, 1.165) is 38.5 Å². The molecule has 3 unspecified atom stereocenters. The molecule has 1 aliphatic rings. The normalized spacial score (nSPS) is 29.7. The molecule has 0 saturated carbocycles. The van der Waals surface area contributed by atoms with Crippen LogP contribution in [0.25, 0.3) is 0 Å². The molecular weight excluding hydrogens is 236 g/mol. The lowest BCUT2D eigenvalue weighted by Gasteiger charge is -2.32. The standard InChI is InChI=1S/C16H34N2O/c1-13-16(5,9-12-19-13)18-11-6-7-14(8-10-17)15(2,3)4/h13-14,18H,6-12,17H2,1-5H3. The van der Waals surface area contributed by atoms with Crippen LogP contribution in [0.5, 0.6) is 0 Å². The molecule has 3 N–H and O–H groups in total. The van der Waals surface area contributed by atoms with Gasteiger partial charge in [-0.2, -0.15) is 0 Å². The summed E-state index contributed by atoms with van der Waals surface area (Å²) in [6.45, 7) is 14.2. The molecule has 3 nitrogen and oxygen atoms in total. The Balaban J connectivity index is 2.29. The van der Waals surface area contributed by atoms with Crippen molar-refractivity contribution in [2.24, 2.45) is 17.1 Å². The van der Waals surface area contributed by atoms with Crippen LogP contribution in [-0.2, 0) is 4.74 Å². The minimum Gasteiger partial charge on any atom is -0.377 e. The zero-order valence-corrected chi connectivity index (χ0v) is 13.6. The molecule has 0 amide bonds. The van der Waals surface area contributed by atoms with E-state index in [9.17, 15) is 0 Å². The maximum absolute atomic E-state index is 5.74. The number of ether oxygens (including phenoxy) is 1. The third-order valence-electron chi connectivity index (χ3n) is 4.88. The second-order valence-electron chi connectivity index (χ2n) is 7.39. The fourth-order valence-electron chi connectivity index (χ4n) is 3.00. The summed E-state index contributed by atoms with van der Waals surface area (Å²) in [7, 11) is 0. The number of rotatable bonds is 7. The van der Waals surface area contributed by atoms with Crippen molar-refractivity contribution < 1.29 is 4.74 Å². The van der Waals surface area contributed by atoms with Crippen molar-refractivity contribution in [1.29, 1.82) is 0 Å². The van der Waals surface area contributed by atoms with E-state index in [1.54, 1.807) is 0 Å². The summed E-state index contributed by atoms with van der Waals surface area (Å²) in [5, 5.41) is 3.70. The summed E-state index contributed by atoms with van der Waals surface area (Å²) in [6, 6.07) is 0. The lowest BCUT2D eigenvalue weighted by atomic mass is 9.76. The third kappa shape index (κ3) is 5.05. The molecule has 0 radical (unpaired) electrons. The Morgan fingerprint density at radius 1 is 1.37 bits per heavy atom. The van der Waals surface area contributed by atoms with E-state index in [4.69, 9.17) is 10.5 Å². The van der Waals surface area contributed by atoms with E-state index < -0.39 is 0 Å². The van der Waals surface area contributed by atoms with Gasteiger partial charge in [0.25, 0.3) is 0 Å². The summed E-state index contributed by atoms with van der Waals surface area (Å²) < 4.78 is 5.66. The van der Waals surface area contributed by atoms with Gasteiger partial charge in [0.15, 0.2) is 0 Å². The predicted molar refractivity (Wildman–Crippen MR) is 82.3 cm³/mol. The molecule has 0 bridgehead atoms. The molecular formula is C16H34N2O. The maximum atomic E-state index is 5.74. The minimum absolute atomic E-state index is 0.172. The van der Waals surface area contributed by atoms with Crippen LogP contribution >= 0.6 is 0 Å². The van der Waals surface area contributed by atoms with Gasteiger partial charge in [-0.3, -0.25) is 0 Å². The van der Waals surface area contributed by atoms with Crippen LogP contribution in [-0.4, -0.2) is 31.3 Å². The van der Waals surface area contributed by atoms with Gasteiger partial charge in [-0.15, -0.1) is 0 Å². The Hall–Kier alpha value is -0.120. The smallest absolute Gasteiger partial charge is 0.0726 e. The highest BCUT2D eigenvalue weighted by Crippen LogP contribution is 2.32. The lowest BCUT2D eigenvalue weighted by molar-refractivity contribution is 0.0881. The van der Waals surface area contributed by atoms with Gasteiger partial charge in [-0.25, -0.2) is 0 Å². The van der Waals surface area contributed by atoms with Crippen molar-refractivity contribution in [3.63, 3.8) is 0 Å². The molecule has 1 aliphatic heterocycles. The molecule has 0 aromatic carbocycles. The SMILES string of the molecule is CC1OCCC1(C)NCCCC(CCN)C(C)(C)C. The number of nitrogens with two attached hydrogens (primary N) is 1. The summed E-state index contributed by atoms with van der Waals surface area (Å²) >= 11 is 0. The number of hydrogen-bond donors (Lipinski definition) is 2. The first kappa shape index (κ1) is 16.9. The monoisotopic (exact) mass is 270 g/mol. The summed E-state index contributed by atoms with van der Waals surface area (Å²) in [5.41, 5.74) is 6.28. The second-order valence-corrected chi connectivity index (χ2v) is 7.39. The Labute approximate surface area is 119 Å². The average Bonchev–Trinajstić information content (AvgIpc) is 2.62. The van der Waals surface area contributed by atoms with E-state index in [1.807, 2.05) is 0 Å². The third-order valence-corrected chi connectivity index (χ3v) is 4.88. The Morgan fingerprint density at radius 3 is 2.53 bits per heavy atom. The Bertz CT molecular complexity index is 262. The van der Waals surface area contributed by atoms with Crippen molar-refractivity contribution in [2.45, 2.75) is 71.9 Å². The van der Waals surface area contributed by atoms with E-state index in [0.29, 0.717) is 11.5 Å². The molecule has 1 rings (SSSR count). The van der Waals surface area contributed by atoms with Gasteiger partial charge in [-0.05, 0) is 64.0 Å². The largest absolute Gasteiger partial charge is 0.377 e. The van der Waals surface area contributed by atoms with Gasteiger partial charge in [0.1, 0.15) is 0 Å². The van der Waals surface area contributed by atoms with Crippen molar-refractivity contribution in [1.82, 2.24) is 5.32 Å². The fourth-order valence-corrected chi connectivity index (χ4v) is 3.00. The lowest BCUT2D eigenvalue weighted by Crippen LogP contribution is -2.48. The molecule has 114 valence electrons. The molecule has 3 atom stereocenters. The minimum atomic E-state index is 0.172. The predicted octanol–water partition coefficient (Wildman–Crippen LogP) is 2.93. The summed E-state index contributed by atoms with van der Waals surface area (Å²) in [6.07, 6.45) is 5.08. The molecule has 0 aliphatic carbocycles. The summed E-state index contributed by atoms with van der Waals surface area (Å²) in [4.78, 5) is 0. The van der Waals surface area contributed by atoms with Gasteiger partial charge in [0.2, 0.25) is 0 Å². The van der Waals surface area contributed by atoms with Gasteiger partial charge in [0.05, 0.1) is 6.10 Å². The molecule has 19 heavy (non-hydrogen) atoms. The zero-order valence-electron chi connectivity index (χ0n) is 13.6. The van der Waals surface area contributed by atoms with Gasteiger partial charge < -0.3 is 15.8 Å². The second kappa shape index (κ2) is 7.05. The van der Waals surface area contributed by atoms with Crippen molar-refractivity contribution >= 4 is 0 Å². The van der Waals surface area contributed by atoms with Crippen LogP contribution in [0.3, 0.4) is 0 Å². The first-order valence-corrected chi connectivity index (χ1v) is 7.86. The van der Waals surface area contributed by atoms with Crippen LogP contribution in [0.4, 0.5) is 0 Å². The van der Waals surface area contributed by atoms with Crippen LogP contribution in [0.15, 0.2) is 0 Å². The number of nitrogens with one attached hydrogen (secondary N) is 1. The van der Waals surface area contributed by atoms with Crippen LogP contribution < -0.4 is 11.1 Å². The van der Waals surface area contributed by atoms with E-state index in [1.165, 1.54) is 12.8 Å². The van der Waals surface area contributed by atoms with Gasteiger partial charge >= 0.3 is 0 Å². The Morgan fingerprint density at radius 2 is 2.05 bits per heavy atom. The molecule has 1 saturated heterocycles. The highest BCUT2D eigenvalue weighted by atomic mass is 16.5. The van der Waals surface area contributed by atoms with Crippen LogP contribution in [0.2, 0.25) is 0 Å². The maximum Gasteiger partial charge on any atom is 0.0726 e. The topological polar surface area (TPSA) is 47.3 Å². The van der Waals surface area contributed by atoms with Crippen LogP contribution in [0, 0.1) is 11.3 Å². The van der Waals surface area contributed by atoms with Crippen molar-refractivity contribution in [3.05, 3.63) is 0 Å². The quantitative estimate of drug-likeness (QED) is 0.699. The average molecular weight is 270 g/mol. The number of hydrogen-bond acceptors (Lipinski definition) is 3. The first-order chi connectivity index (χ1) is 8.79. The van der Waals surface area contributed by atoms with Crippen LogP contribution in [0.1, 0.15) is 60.3 Å². The fraction of sp³-hybridized carbons (Fsp3) is 1.00. The van der Waals surface area contributed by atoms with Crippen molar-refractivity contribution in [2.75, 3.05) is 19.7 Å². The molecule has 0 aromatic rings. The molecule has 1 heterocycles. The summed E-state index contributed by atoms with van der Waals surface area (Å²) in [5.74, 6) is 0.726.